The summed E-state index contributed by atoms with van der Waals surface area (Å²) in [7, 11) is 4.39. The minimum atomic E-state index is -0.642. The molecule has 182 valence electrons. The summed E-state index contributed by atoms with van der Waals surface area (Å²) in [6.45, 7) is 2.15. The second-order valence-corrected chi connectivity index (χ2v) is 6.88. The van der Waals surface area contributed by atoms with Gasteiger partial charge in [-0.2, -0.15) is 5.10 Å². The molecular weight excluding hydrogens is 454 g/mol. The fourth-order valence-corrected chi connectivity index (χ4v) is 3.05. The third kappa shape index (κ3) is 6.26. The number of carbonyl (C=O) groups is 2. The van der Waals surface area contributed by atoms with Gasteiger partial charge in [0.2, 0.25) is 5.75 Å². The van der Waals surface area contributed by atoms with Gasteiger partial charge < -0.3 is 23.7 Å². The predicted octanol–water partition coefficient (Wildman–Crippen LogP) is 3.49. The normalized spacial score (nSPS) is 10.5. The Bertz CT molecular complexity index is 1190. The summed E-state index contributed by atoms with van der Waals surface area (Å²) in [5.41, 5.74) is 3.69. The molecule has 3 rings (SSSR count). The van der Waals surface area contributed by atoms with E-state index in [1.54, 1.807) is 37.3 Å². The van der Waals surface area contributed by atoms with Crippen LogP contribution in [0.1, 0.15) is 33.2 Å². The summed E-state index contributed by atoms with van der Waals surface area (Å²) in [4.78, 5) is 28.8. The van der Waals surface area contributed by atoms with E-state index in [0.717, 1.165) is 0 Å². The Morgan fingerprint density at radius 2 is 1.57 bits per heavy atom. The van der Waals surface area contributed by atoms with Crippen LogP contribution < -0.4 is 29.1 Å². The average Bonchev–Trinajstić information content (AvgIpc) is 2.89. The summed E-state index contributed by atoms with van der Waals surface area (Å²) in [6.07, 6.45) is 4.49. The number of esters is 1. The topological polar surface area (TPSA) is 118 Å². The maximum atomic E-state index is 12.9. The lowest BCUT2D eigenvalue weighted by molar-refractivity contribution is 0.0727. The molecule has 1 amide bonds. The van der Waals surface area contributed by atoms with Crippen molar-refractivity contribution in [1.82, 2.24) is 10.4 Å². The second-order valence-electron chi connectivity index (χ2n) is 6.88. The number of carbonyl (C=O) groups excluding carboxylic acids is 2. The fraction of sp³-hybridized carbons (Fsp3) is 0.200. The number of benzene rings is 2. The van der Waals surface area contributed by atoms with Crippen LogP contribution in [0, 0.1) is 0 Å². The minimum Gasteiger partial charge on any atom is -0.493 e. The molecule has 0 saturated heterocycles. The lowest BCUT2D eigenvalue weighted by Crippen LogP contribution is -2.17. The van der Waals surface area contributed by atoms with Crippen LogP contribution >= 0.6 is 0 Å². The van der Waals surface area contributed by atoms with Crippen LogP contribution in [0.25, 0.3) is 0 Å². The van der Waals surface area contributed by atoms with Gasteiger partial charge in [-0.3, -0.25) is 9.78 Å². The number of amides is 1. The van der Waals surface area contributed by atoms with Crippen molar-refractivity contribution in [2.24, 2.45) is 5.10 Å². The molecule has 0 saturated carbocycles. The molecule has 1 N–H and O–H groups in total. The molecule has 0 aliphatic carbocycles. The smallest absolute Gasteiger partial charge is 0.343 e. The Hall–Kier alpha value is -4.60. The number of hydrogen-bond acceptors (Lipinski definition) is 9. The number of pyridine rings is 1. The zero-order chi connectivity index (χ0) is 25.2. The van der Waals surface area contributed by atoms with E-state index in [2.05, 4.69) is 15.5 Å². The molecule has 10 nitrogen and oxygen atoms in total. The van der Waals surface area contributed by atoms with Crippen molar-refractivity contribution in [2.75, 3.05) is 27.9 Å². The molecule has 0 radical (unpaired) electrons. The van der Waals surface area contributed by atoms with Gasteiger partial charge in [-0.05, 0) is 55.0 Å². The number of aromatic nitrogens is 1. The standard InChI is InChI=1S/C25H25N3O7/c1-5-34-20-12-16(15-27-28-24(29)17-8-10-26-11-9-17)6-7-19(20)35-25(30)18-13-21(31-2)23(33-4)22(14-18)32-3/h6-15H,5H2,1-4H3,(H,28,29)/b27-15+. The van der Waals surface area contributed by atoms with Crippen LogP contribution in [-0.4, -0.2) is 51.0 Å². The largest absolute Gasteiger partial charge is 0.493 e. The number of methoxy groups -OCH3 is 3. The molecule has 0 aliphatic rings. The third-order valence-electron chi connectivity index (χ3n) is 4.69. The number of ether oxygens (including phenoxy) is 5. The van der Waals surface area contributed by atoms with E-state index in [1.165, 1.54) is 52.1 Å². The lowest BCUT2D eigenvalue weighted by Gasteiger charge is -2.15. The van der Waals surface area contributed by atoms with Gasteiger partial charge >= 0.3 is 5.97 Å². The first-order chi connectivity index (χ1) is 17.0. The number of hydrazone groups is 1. The Morgan fingerprint density at radius 3 is 2.17 bits per heavy atom. The van der Waals surface area contributed by atoms with Gasteiger partial charge in [0, 0.05) is 18.0 Å². The minimum absolute atomic E-state index is 0.200. The summed E-state index contributed by atoms with van der Waals surface area (Å²) < 4.78 is 27.1. The molecule has 3 aromatic rings. The molecule has 0 aliphatic heterocycles. The highest BCUT2D eigenvalue weighted by Gasteiger charge is 2.20. The first-order valence-electron chi connectivity index (χ1n) is 10.5. The molecule has 0 spiro atoms. The van der Waals surface area contributed by atoms with Crippen LogP contribution in [0.4, 0.5) is 0 Å². The maximum Gasteiger partial charge on any atom is 0.343 e. The number of rotatable bonds is 10. The molecule has 35 heavy (non-hydrogen) atoms. The molecule has 0 bridgehead atoms. The van der Waals surface area contributed by atoms with Gasteiger partial charge in [0.05, 0.1) is 39.7 Å². The van der Waals surface area contributed by atoms with E-state index in [-0.39, 0.29) is 17.2 Å². The van der Waals surface area contributed by atoms with Crippen LogP contribution in [0.5, 0.6) is 28.7 Å². The van der Waals surface area contributed by atoms with Gasteiger partial charge in [-0.1, -0.05) is 0 Å². The van der Waals surface area contributed by atoms with Gasteiger partial charge in [-0.15, -0.1) is 0 Å². The summed E-state index contributed by atoms with van der Waals surface area (Å²) >= 11 is 0. The van der Waals surface area contributed by atoms with Gasteiger partial charge in [0.1, 0.15) is 0 Å². The first-order valence-corrected chi connectivity index (χ1v) is 10.5. The van der Waals surface area contributed by atoms with E-state index in [9.17, 15) is 9.59 Å². The van der Waals surface area contributed by atoms with Gasteiger partial charge in [0.15, 0.2) is 23.0 Å². The van der Waals surface area contributed by atoms with Crippen molar-refractivity contribution >= 4 is 18.1 Å². The fourth-order valence-electron chi connectivity index (χ4n) is 3.05. The zero-order valence-electron chi connectivity index (χ0n) is 19.7. The number of hydrogen-bond donors (Lipinski definition) is 1. The van der Waals surface area contributed by atoms with E-state index in [1.807, 2.05) is 0 Å². The van der Waals surface area contributed by atoms with E-state index in [4.69, 9.17) is 23.7 Å². The Balaban J connectivity index is 1.78. The Labute approximate surface area is 202 Å². The quantitative estimate of drug-likeness (QED) is 0.203. The highest BCUT2D eigenvalue weighted by Crippen LogP contribution is 2.38. The monoisotopic (exact) mass is 479 g/mol. The zero-order valence-corrected chi connectivity index (χ0v) is 19.7. The van der Waals surface area contributed by atoms with E-state index >= 15 is 0 Å². The van der Waals surface area contributed by atoms with E-state index in [0.29, 0.717) is 40.7 Å². The SMILES string of the molecule is CCOc1cc(/C=N/NC(=O)c2ccncc2)ccc1OC(=O)c1cc(OC)c(OC)c(OC)c1. The molecule has 1 heterocycles. The van der Waals surface area contributed by atoms with Crippen molar-refractivity contribution < 1.29 is 33.3 Å². The van der Waals surface area contributed by atoms with Crippen molar-refractivity contribution in [2.45, 2.75) is 6.92 Å². The Kier molecular flexibility index (Phi) is 8.60. The highest BCUT2D eigenvalue weighted by atomic mass is 16.6. The molecule has 0 fully saturated rings. The van der Waals surface area contributed by atoms with Crippen molar-refractivity contribution in [3.63, 3.8) is 0 Å². The van der Waals surface area contributed by atoms with Gasteiger partial charge in [-0.25, -0.2) is 10.2 Å². The van der Waals surface area contributed by atoms with E-state index < -0.39 is 5.97 Å². The van der Waals surface area contributed by atoms with Crippen molar-refractivity contribution in [1.29, 1.82) is 0 Å². The summed E-state index contributed by atoms with van der Waals surface area (Å²) in [5, 5.41) is 3.96. The Morgan fingerprint density at radius 1 is 0.886 bits per heavy atom. The van der Waals surface area contributed by atoms with Crippen LogP contribution in [0.15, 0.2) is 60.0 Å². The number of nitrogens with zero attached hydrogens (tertiary/aromatic N) is 2. The third-order valence-corrected chi connectivity index (χ3v) is 4.69. The average molecular weight is 479 g/mol. The summed E-state index contributed by atoms with van der Waals surface area (Å²) in [5.74, 6) is 0.539. The molecule has 0 unspecified atom stereocenters. The van der Waals surface area contributed by atoms with Crippen molar-refractivity contribution in [3.8, 4) is 28.7 Å². The van der Waals surface area contributed by atoms with Crippen molar-refractivity contribution in [3.05, 3.63) is 71.5 Å². The second kappa shape index (κ2) is 12.0. The lowest BCUT2D eigenvalue weighted by atomic mass is 10.1. The van der Waals surface area contributed by atoms with Crippen LogP contribution in [-0.2, 0) is 0 Å². The molecule has 2 aromatic carbocycles. The van der Waals surface area contributed by atoms with Crippen LogP contribution in [0.3, 0.4) is 0 Å². The molecule has 0 atom stereocenters. The predicted molar refractivity (Wildman–Crippen MR) is 128 cm³/mol. The van der Waals surface area contributed by atoms with Crippen LogP contribution in [0.2, 0.25) is 0 Å². The molecule has 10 heteroatoms. The molecule has 1 aromatic heterocycles. The molecular formula is C25H25N3O7. The maximum absolute atomic E-state index is 12.9. The highest BCUT2D eigenvalue weighted by molar-refractivity contribution is 5.95. The summed E-state index contributed by atoms with van der Waals surface area (Å²) in [6, 6.07) is 11.0. The first kappa shape index (κ1) is 25.0. The van der Waals surface area contributed by atoms with Gasteiger partial charge in [0.25, 0.3) is 5.91 Å². The number of nitrogens with one attached hydrogen (secondary N) is 1.